The van der Waals surface area contributed by atoms with Crippen LogP contribution in [-0.2, 0) is 4.79 Å². The molecule has 2 aromatic rings. The topological polar surface area (TPSA) is 56.1 Å². The van der Waals surface area contributed by atoms with Crippen LogP contribution in [0.15, 0.2) is 36.5 Å². The number of hydrogen-bond donors (Lipinski definition) is 1. The lowest BCUT2D eigenvalue weighted by Gasteiger charge is -2.12. The molecule has 0 fully saturated rings. The predicted molar refractivity (Wildman–Crippen MR) is 81.7 cm³/mol. The zero-order valence-electron chi connectivity index (χ0n) is 12.7. The lowest BCUT2D eigenvalue weighted by atomic mass is 10.3. The second-order valence-electron chi connectivity index (χ2n) is 4.95. The van der Waals surface area contributed by atoms with Gasteiger partial charge in [0.05, 0.1) is 5.69 Å². The highest BCUT2D eigenvalue weighted by Crippen LogP contribution is 2.19. The number of carbonyl (C=O) groups is 1. The Kier molecular flexibility index (Phi) is 4.98. The summed E-state index contributed by atoms with van der Waals surface area (Å²) in [6, 6.07) is 9.79. The molecule has 0 spiro atoms. The van der Waals surface area contributed by atoms with Crippen molar-refractivity contribution in [2.45, 2.75) is 33.3 Å². The van der Waals surface area contributed by atoms with Crippen LogP contribution in [0.1, 0.15) is 25.8 Å². The summed E-state index contributed by atoms with van der Waals surface area (Å²) >= 11 is 0. The fourth-order valence-corrected chi connectivity index (χ4v) is 1.89. The number of hydrogen-bond acceptors (Lipinski definition) is 3. The molecule has 1 N–H and O–H groups in total. The van der Waals surface area contributed by atoms with Crippen molar-refractivity contribution in [3.8, 4) is 11.6 Å². The van der Waals surface area contributed by atoms with Crippen LogP contribution in [0.25, 0.3) is 5.69 Å². The third-order valence-electron chi connectivity index (χ3n) is 3.08. The van der Waals surface area contributed by atoms with Crippen LogP contribution in [0.2, 0.25) is 0 Å². The first kappa shape index (κ1) is 15.1. The molecule has 0 unspecified atom stereocenters. The van der Waals surface area contributed by atoms with E-state index in [4.69, 9.17) is 4.74 Å². The van der Waals surface area contributed by atoms with Crippen LogP contribution in [-0.4, -0.2) is 28.3 Å². The number of ether oxygens (including phenoxy) is 1. The summed E-state index contributed by atoms with van der Waals surface area (Å²) < 4.78 is 7.41. The average molecular weight is 287 g/mol. The summed E-state index contributed by atoms with van der Waals surface area (Å²) in [7, 11) is 0. The van der Waals surface area contributed by atoms with Gasteiger partial charge in [-0.25, -0.2) is 4.68 Å². The summed E-state index contributed by atoms with van der Waals surface area (Å²) in [5.74, 6) is 0.364. The van der Waals surface area contributed by atoms with Gasteiger partial charge in [-0.15, -0.1) is 5.10 Å². The largest absolute Gasteiger partial charge is 0.463 e. The average Bonchev–Trinajstić information content (AvgIpc) is 2.86. The summed E-state index contributed by atoms with van der Waals surface area (Å²) in [5.41, 5.74) is 1.85. The number of para-hydroxylation sites is 1. The van der Waals surface area contributed by atoms with Crippen LogP contribution in [0, 0.1) is 6.92 Å². The Bertz CT molecular complexity index is 593. The molecule has 0 saturated carbocycles. The fraction of sp³-hybridized carbons (Fsp3) is 0.375. The molecule has 0 aliphatic carbocycles. The van der Waals surface area contributed by atoms with Gasteiger partial charge in [0.2, 0.25) is 5.88 Å². The smallest absolute Gasteiger partial charge is 0.260 e. The number of amides is 1. The highest BCUT2D eigenvalue weighted by molar-refractivity contribution is 5.80. The lowest BCUT2D eigenvalue weighted by Crippen LogP contribution is -2.36. The minimum atomic E-state index is -0.561. The first-order valence-corrected chi connectivity index (χ1v) is 7.18. The van der Waals surface area contributed by atoms with Crippen molar-refractivity contribution in [3.05, 3.63) is 42.1 Å². The molecule has 5 heteroatoms. The van der Waals surface area contributed by atoms with E-state index in [1.54, 1.807) is 11.6 Å². The molecule has 21 heavy (non-hydrogen) atoms. The molecule has 1 atom stereocenters. The number of aryl methyl sites for hydroxylation is 1. The number of carbonyl (C=O) groups excluding carboxylic acids is 1. The van der Waals surface area contributed by atoms with Crippen LogP contribution < -0.4 is 10.1 Å². The summed E-state index contributed by atoms with van der Waals surface area (Å²) in [6.07, 6.45) is 2.23. The Balaban J connectivity index is 2.08. The van der Waals surface area contributed by atoms with E-state index in [1.165, 1.54) is 0 Å². The Morgan fingerprint density at radius 2 is 2.10 bits per heavy atom. The number of aromatic nitrogens is 2. The van der Waals surface area contributed by atoms with Crippen LogP contribution in [0.4, 0.5) is 0 Å². The normalized spacial score (nSPS) is 12.0. The van der Waals surface area contributed by atoms with Crippen molar-refractivity contribution in [1.82, 2.24) is 15.1 Å². The number of rotatable bonds is 6. The number of nitrogens with zero attached hydrogens (tertiary/aromatic N) is 2. The molecule has 0 bridgehead atoms. The summed E-state index contributed by atoms with van der Waals surface area (Å²) in [6.45, 7) is 6.31. The quantitative estimate of drug-likeness (QED) is 0.888. The maximum absolute atomic E-state index is 11.8. The highest BCUT2D eigenvalue weighted by atomic mass is 16.5. The molecular formula is C16H21N3O2. The van der Waals surface area contributed by atoms with Crippen molar-refractivity contribution >= 4 is 5.91 Å². The lowest BCUT2D eigenvalue weighted by molar-refractivity contribution is -0.127. The van der Waals surface area contributed by atoms with Gasteiger partial charge in [-0.05, 0) is 32.4 Å². The number of benzene rings is 1. The molecule has 0 radical (unpaired) electrons. The standard InChI is InChI=1S/C16H21N3O2/c1-4-10-17-15(20)13(3)21-16-12(2)11-19(18-16)14-8-6-5-7-9-14/h5-9,11,13H,4,10H2,1-3H3,(H,17,20)/t13-/m0/s1. The Hall–Kier alpha value is -2.30. The molecule has 1 amide bonds. The van der Waals surface area contributed by atoms with Gasteiger partial charge in [-0.3, -0.25) is 4.79 Å². The van der Waals surface area contributed by atoms with E-state index < -0.39 is 6.10 Å². The Morgan fingerprint density at radius 1 is 1.38 bits per heavy atom. The van der Waals surface area contributed by atoms with E-state index in [0.717, 1.165) is 17.7 Å². The minimum Gasteiger partial charge on any atom is -0.463 e. The maximum atomic E-state index is 11.8. The maximum Gasteiger partial charge on any atom is 0.260 e. The molecule has 1 aromatic heterocycles. The first-order valence-electron chi connectivity index (χ1n) is 7.18. The monoisotopic (exact) mass is 287 g/mol. The molecule has 1 heterocycles. The van der Waals surface area contributed by atoms with E-state index in [2.05, 4.69) is 10.4 Å². The second-order valence-corrected chi connectivity index (χ2v) is 4.95. The van der Waals surface area contributed by atoms with Gasteiger partial charge in [0.1, 0.15) is 0 Å². The van der Waals surface area contributed by atoms with Gasteiger partial charge in [0.15, 0.2) is 6.10 Å². The van der Waals surface area contributed by atoms with Crippen LogP contribution in [0.5, 0.6) is 5.88 Å². The first-order chi connectivity index (χ1) is 10.1. The third kappa shape index (κ3) is 3.84. The van der Waals surface area contributed by atoms with Crippen LogP contribution >= 0.6 is 0 Å². The van der Waals surface area contributed by atoms with Gasteiger partial charge < -0.3 is 10.1 Å². The Labute approximate surface area is 124 Å². The zero-order chi connectivity index (χ0) is 15.2. The van der Waals surface area contributed by atoms with Crippen molar-refractivity contribution in [3.63, 3.8) is 0 Å². The molecule has 0 aliphatic rings. The molecule has 112 valence electrons. The molecular weight excluding hydrogens is 266 g/mol. The van der Waals surface area contributed by atoms with Crippen molar-refractivity contribution in [1.29, 1.82) is 0 Å². The third-order valence-corrected chi connectivity index (χ3v) is 3.08. The van der Waals surface area contributed by atoms with Gasteiger partial charge in [0, 0.05) is 18.3 Å². The summed E-state index contributed by atoms with van der Waals surface area (Å²) in [4.78, 5) is 11.8. The van der Waals surface area contributed by atoms with Gasteiger partial charge >= 0.3 is 0 Å². The van der Waals surface area contributed by atoms with E-state index in [0.29, 0.717) is 12.4 Å². The molecule has 5 nitrogen and oxygen atoms in total. The predicted octanol–water partition coefficient (Wildman–Crippen LogP) is 2.47. The SMILES string of the molecule is CCCNC(=O)[C@H](C)Oc1nn(-c2ccccc2)cc1C. The van der Waals surface area contributed by atoms with E-state index >= 15 is 0 Å². The summed E-state index contributed by atoms with van der Waals surface area (Å²) in [5, 5.41) is 7.21. The van der Waals surface area contributed by atoms with E-state index in [1.807, 2.05) is 50.4 Å². The molecule has 0 saturated heterocycles. The van der Waals surface area contributed by atoms with E-state index in [-0.39, 0.29) is 5.91 Å². The van der Waals surface area contributed by atoms with Gasteiger partial charge in [0.25, 0.3) is 5.91 Å². The van der Waals surface area contributed by atoms with Crippen LogP contribution in [0.3, 0.4) is 0 Å². The zero-order valence-corrected chi connectivity index (χ0v) is 12.7. The molecule has 2 rings (SSSR count). The second kappa shape index (κ2) is 6.92. The fourth-order valence-electron chi connectivity index (χ4n) is 1.89. The van der Waals surface area contributed by atoms with Gasteiger partial charge in [-0.2, -0.15) is 0 Å². The number of nitrogens with one attached hydrogen (secondary N) is 1. The van der Waals surface area contributed by atoms with E-state index in [9.17, 15) is 4.79 Å². The minimum absolute atomic E-state index is 0.120. The van der Waals surface area contributed by atoms with Gasteiger partial charge in [-0.1, -0.05) is 25.1 Å². The molecule has 0 aliphatic heterocycles. The van der Waals surface area contributed by atoms with Crippen molar-refractivity contribution in [2.24, 2.45) is 0 Å². The van der Waals surface area contributed by atoms with Crippen molar-refractivity contribution in [2.75, 3.05) is 6.54 Å². The van der Waals surface area contributed by atoms with Crippen molar-refractivity contribution < 1.29 is 9.53 Å². The Morgan fingerprint density at radius 3 is 2.76 bits per heavy atom. The molecule has 1 aromatic carbocycles. The highest BCUT2D eigenvalue weighted by Gasteiger charge is 2.17.